The fourth-order valence-corrected chi connectivity index (χ4v) is 0.911. The summed E-state index contributed by atoms with van der Waals surface area (Å²) in [6, 6.07) is 1.93. The first-order valence-corrected chi connectivity index (χ1v) is 4.34. The van der Waals surface area contributed by atoms with Crippen molar-refractivity contribution in [3.63, 3.8) is 0 Å². The van der Waals surface area contributed by atoms with Gasteiger partial charge in [-0.2, -0.15) is 0 Å². The van der Waals surface area contributed by atoms with Crippen molar-refractivity contribution in [3.05, 3.63) is 29.7 Å². The third kappa shape index (κ3) is 3.69. The number of allylic oxidation sites excluding steroid dienone is 1. The molecule has 1 rings (SSSR count). The van der Waals surface area contributed by atoms with E-state index in [9.17, 15) is 0 Å². The molecule has 0 fully saturated rings. The molecule has 70 valence electrons. The molecular formula is C10H15N3. The molecule has 0 spiro atoms. The van der Waals surface area contributed by atoms with E-state index in [4.69, 9.17) is 0 Å². The quantitative estimate of drug-likeness (QED) is 0.719. The molecule has 0 saturated carbocycles. The summed E-state index contributed by atoms with van der Waals surface area (Å²) in [5.74, 6) is 0.880. The SMILES string of the molecule is CC(C)=CCNc1cc(C)ncn1. The number of nitrogens with one attached hydrogen (secondary N) is 1. The predicted octanol–water partition coefficient (Wildman–Crippen LogP) is 2.16. The van der Waals surface area contributed by atoms with E-state index in [2.05, 4.69) is 35.2 Å². The molecule has 13 heavy (non-hydrogen) atoms. The van der Waals surface area contributed by atoms with Gasteiger partial charge >= 0.3 is 0 Å². The molecule has 1 aromatic heterocycles. The molecular weight excluding hydrogens is 162 g/mol. The molecule has 1 heterocycles. The summed E-state index contributed by atoms with van der Waals surface area (Å²) < 4.78 is 0. The summed E-state index contributed by atoms with van der Waals surface area (Å²) in [5.41, 5.74) is 2.29. The van der Waals surface area contributed by atoms with E-state index in [0.717, 1.165) is 18.1 Å². The average Bonchev–Trinajstić information content (AvgIpc) is 2.03. The maximum absolute atomic E-state index is 4.08. The molecule has 0 aliphatic heterocycles. The topological polar surface area (TPSA) is 37.8 Å². The molecule has 0 amide bonds. The molecule has 3 nitrogen and oxygen atoms in total. The predicted molar refractivity (Wildman–Crippen MR) is 54.7 cm³/mol. The van der Waals surface area contributed by atoms with Gasteiger partial charge in [-0.05, 0) is 20.8 Å². The monoisotopic (exact) mass is 177 g/mol. The molecule has 0 aliphatic carbocycles. The lowest BCUT2D eigenvalue weighted by molar-refractivity contribution is 1.08. The van der Waals surface area contributed by atoms with Gasteiger partial charge in [0.25, 0.3) is 0 Å². The zero-order valence-corrected chi connectivity index (χ0v) is 8.33. The van der Waals surface area contributed by atoms with E-state index in [0.29, 0.717) is 0 Å². The first-order valence-electron chi connectivity index (χ1n) is 4.34. The smallest absolute Gasteiger partial charge is 0.129 e. The van der Waals surface area contributed by atoms with Crippen LogP contribution in [0.4, 0.5) is 5.82 Å². The highest BCUT2D eigenvalue weighted by molar-refractivity contribution is 5.35. The van der Waals surface area contributed by atoms with E-state index >= 15 is 0 Å². The average molecular weight is 177 g/mol. The van der Waals surface area contributed by atoms with E-state index in [1.54, 1.807) is 6.33 Å². The van der Waals surface area contributed by atoms with Crippen LogP contribution in [-0.4, -0.2) is 16.5 Å². The van der Waals surface area contributed by atoms with Crippen molar-refractivity contribution in [1.29, 1.82) is 0 Å². The van der Waals surface area contributed by atoms with Gasteiger partial charge in [0, 0.05) is 18.3 Å². The van der Waals surface area contributed by atoms with E-state index in [1.807, 2.05) is 13.0 Å². The third-order valence-electron chi connectivity index (χ3n) is 1.60. The minimum absolute atomic E-state index is 0.818. The molecule has 1 aromatic rings. The van der Waals surface area contributed by atoms with Crippen molar-refractivity contribution in [2.45, 2.75) is 20.8 Å². The first-order chi connectivity index (χ1) is 6.18. The second kappa shape index (κ2) is 4.60. The highest BCUT2D eigenvalue weighted by atomic mass is 15.0. The zero-order valence-electron chi connectivity index (χ0n) is 8.33. The van der Waals surface area contributed by atoms with Crippen LogP contribution in [0.3, 0.4) is 0 Å². The van der Waals surface area contributed by atoms with Crippen LogP contribution in [-0.2, 0) is 0 Å². The Morgan fingerprint density at radius 3 is 2.85 bits per heavy atom. The number of rotatable bonds is 3. The van der Waals surface area contributed by atoms with Crippen LogP contribution >= 0.6 is 0 Å². The van der Waals surface area contributed by atoms with Gasteiger partial charge in [-0.3, -0.25) is 0 Å². The summed E-state index contributed by atoms with van der Waals surface area (Å²) in [5, 5.41) is 3.19. The zero-order chi connectivity index (χ0) is 9.68. The van der Waals surface area contributed by atoms with Crippen LogP contribution in [0, 0.1) is 6.92 Å². The highest BCUT2D eigenvalue weighted by Crippen LogP contribution is 2.01. The molecule has 0 aliphatic rings. The Labute approximate surface area is 78.9 Å². The van der Waals surface area contributed by atoms with Crippen molar-refractivity contribution in [1.82, 2.24) is 9.97 Å². The fourth-order valence-electron chi connectivity index (χ4n) is 0.911. The summed E-state index contributed by atoms with van der Waals surface area (Å²) in [4.78, 5) is 8.10. The van der Waals surface area contributed by atoms with Crippen LogP contribution in [0.1, 0.15) is 19.5 Å². The summed E-state index contributed by atoms with van der Waals surface area (Å²) in [6.07, 6.45) is 3.69. The Bertz CT molecular complexity index is 301. The number of aromatic nitrogens is 2. The first kappa shape index (κ1) is 9.71. The standard InChI is InChI=1S/C10H15N3/c1-8(2)4-5-11-10-6-9(3)12-7-13-10/h4,6-7H,5H2,1-3H3,(H,11,12,13). The van der Waals surface area contributed by atoms with Crippen molar-refractivity contribution in [2.24, 2.45) is 0 Å². The van der Waals surface area contributed by atoms with Crippen LogP contribution in [0.2, 0.25) is 0 Å². The summed E-state index contributed by atoms with van der Waals surface area (Å²) in [6.45, 7) is 6.92. The van der Waals surface area contributed by atoms with Crippen LogP contribution < -0.4 is 5.32 Å². The second-order valence-corrected chi connectivity index (χ2v) is 3.21. The maximum Gasteiger partial charge on any atom is 0.129 e. The number of hydrogen-bond acceptors (Lipinski definition) is 3. The van der Waals surface area contributed by atoms with Crippen molar-refractivity contribution in [2.75, 3.05) is 11.9 Å². The molecule has 0 saturated heterocycles. The molecule has 0 aromatic carbocycles. The summed E-state index contributed by atoms with van der Waals surface area (Å²) in [7, 11) is 0. The Morgan fingerprint density at radius 1 is 1.46 bits per heavy atom. The van der Waals surface area contributed by atoms with Gasteiger partial charge in [0.15, 0.2) is 0 Å². The van der Waals surface area contributed by atoms with Crippen LogP contribution in [0.25, 0.3) is 0 Å². The lowest BCUT2D eigenvalue weighted by atomic mass is 10.3. The molecule has 0 bridgehead atoms. The van der Waals surface area contributed by atoms with E-state index in [1.165, 1.54) is 5.57 Å². The van der Waals surface area contributed by atoms with Crippen LogP contribution in [0.5, 0.6) is 0 Å². The number of hydrogen-bond donors (Lipinski definition) is 1. The Balaban J connectivity index is 2.50. The third-order valence-corrected chi connectivity index (χ3v) is 1.60. The Morgan fingerprint density at radius 2 is 2.23 bits per heavy atom. The molecule has 0 unspecified atom stereocenters. The van der Waals surface area contributed by atoms with E-state index in [-0.39, 0.29) is 0 Å². The number of anilines is 1. The lowest BCUT2D eigenvalue weighted by Gasteiger charge is -2.02. The van der Waals surface area contributed by atoms with Crippen molar-refractivity contribution >= 4 is 5.82 Å². The minimum atomic E-state index is 0.818. The van der Waals surface area contributed by atoms with Gasteiger partial charge < -0.3 is 5.32 Å². The Kier molecular flexibility index (Phi) is 3.43. The highest BCUT2D eigenvalue weighted by Gasteiger charge is 1.91. The van der Waals surface area contributed by atoms with E-state index < -0.39 is 0 Å². The van der Waals surface area contributed by atoms with Gasteiger partial charge in [0.05, 0.1) is 0 Å². The lowest BCUT2D eigenvalue weighted by Crippen LogP contribution is -2.01. The van der Waals surface area contributed by atoms with Gasteiger partial charge in [-0.1, -0.05) is 11.6 Å². The molecule has 3 heteroatoms. The second-order valence-electron chi connectivity index (χ2n) is 3.21. The largest absolute Gasteiger partial charge is 0.366 e. The number of nitrogens with zero attached hydrogens (tertiary/aromatic N) is 2. The Hall–Kier alpha value is -1.38. The molecule has 1 N–H and O–H groups in total. The van der Waals surface area contributed by atoms with Gasteiger partial charge in [0.2, 0.25) is 0 Å². The number of aryl methyl sites for hydroxylation is 1. The normalized spacial score (nSPS) is 9.46. The van der Waals surface area contributed by atoms with Gasteiger partial charge in [-0.15, -0.1) is 0 Å². The molecule has 0 radical (unpaired) electrons. The fraction of sp³-hybridized carbons (Fsp3) is 0.400. The van der Waals surface area contributed by atoms with Crippen molar-refractivity contribution in [3.8, 4) is 0 Å². The van der Waals surface area contributed by atoms with Gasteiger partial charge in [0.1, 0.15) is 12.1 Å². The van der Waals surface area contributed by atoms with Gasteiger partial charge in [-0.25, -0.2) is 9.97 Å². The van der Waals surface area contributed by atoms with Crippen molar-refractivity contribution < 1.29 is 0 Å². The van der Waals surface area contributed by atoms with Crippen LogP contribution in [0.15, 0.2) is 24.0 Å². The maximum atomic E-state index is 4.08. The molecule has 0 atom stereocenters. The minimum Gasteiger partial charge on any atom is -0.366 e. The summed E-state index contributed by atoms with van der Waals surface area (Å²) >= 11 is 0.